The molecular formula is C21H30N2O4. The molecule has 1 aromatic rings. The third kappa shape index (κ3) is 4.49. The van der Waals surface area contributed by atoms with Crippen molar-refractivity contribution in [1.82, 2.24) is 4.90 Å². The number of aryl methyl sites for hydroxylation is 1. The highest BCUT2D eigenvalue weighted by Gasteiger charge is 2.48. The standard InChI is InChI=1S/C21H30N2O4/c1-13(2)10-18(24)22-17-7-6-16(11-15(17)5)19(25)23-9-8-21(12-23,14(3)4)20(26)27/h6-7,11,13-14H,8-10,12H2,1-5H3,(H,22,24)(H,26,27). The van der Waals surface area contributed by atoms with E-state index < -0.39 is 11.4 Å². The first-order valence-electron chi connectivity index (χ1n) is 9.50. The van der Waals surface area contributed by atoms with Gasteiger partial charge in [0.1, 0.15) is 0 Å². The number of hydrogen-bond acceptors (Lipinski definition) is 3. The Morgan fingerprint density at radius 2 is 1.89 bits per heavy atom. The Hall–Kier alpha value is -2.37. The Bertz CT molecular complexity index is 742. The van der Waals surface area contributed by atoms with E-state index in [9.17, 15) is 19.5 Å². The maximum absolute atomic E-state index is 12.9. The van der Waals surface area contributed by atoms with Crippen LogP contribution in [0, 0.1) is 24.2 Å². The summed E-state index contributed by atoms with van der Waals surface area (Å²) in [6.07, 6.45) is 0.911. The number of likely N-dealkylation sites (tertiary alicyclic amines) is 1. The number of rotatable bonds is 6. The summed E-state index contributed by atoms with van der Waals surface area (Å²) < 4.78 is 0. The van der Waals surface area contributed by atoms with Crippen molar-refractivity contribution in [3.63, 3.8) is 0 Å². The predicted octanol–water partition coefficient (Wildman–Crippen LogP) is 3.55. The van der Waals surface area contributed by atoms with Gasteiger partial charge in [-0.05, 0) is 48.9 Å². The number of amides is 2. The number of aliphatic carboxylic acids is 1. The van der Waals surface area contributed by atoms with Crippen LogP contribution < -0.4 is 5.32 Å². The summed E-state index contributed by atoms with van der Waals surface area (Å²) in [6, 6.07) is 5.18. The van der Waals surface area contributed by atoms with Crippen LogP contribution in [0.4, 0.5) is 5.69 Å². The van der Waals surface area contributed by atoms with Crippen LogP contribution in [-0.4, -0.2) is 40.9 Å². The molecule has 1 heterocycles. The van der Waals surface area contributed by atoms with Crippen LogP contribution in [0.1, 0.15) is 56.5 Å². The zero-order valence-corrected chi connectivity index (χ0v) is 16.8. The van der Waals surface area contributed by atoms with Crippen molar-refractivity contribution in [3.05, 3.63) is 29.3 Å². The van der Waals surface area contributed by atoms with Crippen LogP contribution in [-0.2, 0) is 9.59 Å². The van der Waals surface area contributed by atoms with Gasteiger partial charge in [-0.1, -0.05) is 27.7 Å². The summed E-state index contributed by atoms with van der Waals surface area (Å²) >= 11 is 0. The molecule has 0 radical (unpaired) electrons. The third-order valence-electron chi connectivity index (χ3n) is 5.46. The number of carbonyl (C=O) groups is 3. The van der Waals surface area contributed by atoms with Crippen molar-refractivity contribution < 1.29 is 19.5 Å². The molecule has 2 amide bonds. The van der Waals surface area contributed by atoms with Crippen LogP contribution in [0.3, 0.4) is 0 Å². The molecule has 1 unspecified atom stereocenters. The maximum atomic E-state index is 12.9. The van der Waals surface area contributed by atoms with Crippen molar-refractivity contribution in [3.8, 4) is 0 Å². The molecule has 2 rings (SSSR count). The molecule has 1 fully saturated rings. The number of benzene rings is 1. The summed E-state index contributed by atoms with van der Waals surface area (Å²) in [5.41, 5.74) is 1.14. The van der Waals surface area contributed by atoms with E-state index in [1.54, 1.807) is 23.1 Å². The fourth-order valence-corrected chi connectivity index (χ4v) is 3.59. The Morgan fingerprint density at radius 1 is 1.22 bits per heavy atom. The van der Waals surface area contributed by atoms with E-state index in [1.807, 2.05) is 34.6 Å². The van der Waals surface area contributed by atoms with Gasteiger partial charge in [-0.25, -0.2) is 0 Å². The fourth-order valence-electron chi connectivity index (χ4n) is 3.59. The SMILES string of the molecule is Cc1cc(C(=O)N2CCC(C(=O)O)(C(C)C)C2)ccc1NC(=O)CC(C)C. The second-order valence-corrected chi connectivity index (χ2v) is 8.27. The molecule has 0 spiro atoms. The quantitative estimate of drug-likeness (QED) is 0.797. The Balaban J connectivity index is 2.13. The summed E-state index contributed by atoms with van der Waals surface area (Å²) in [5, 5.41) is 12.5. The number of carboxylic acids is 1. The van der Waals surface area contributed by atoms with E-state index in [2.05, 4.69) is 5.32 Å². The van der Waals surface area contributed by atoms with E-state index in [0.29, 0.717) is 30.6 Å². The smallest absolute Gasteiger partial charge is 0.311 e. The highest BCUT2D eigenvalue weighted by molar-refractivity contribution is 5.97. The molecule has 0 aliphatic carbocycles. The zero-order chi connectivity index (χ0) is 20.4. The van der Waals surface area contributed by atoms with E-state index in [0.717, 1.165) is 5.56 Å². The lowest BCUT2D eigenvalue weighted by molar-refractivity contribution is -0.150. The van der Waals surface area contributed by atoms with E-state index in [4.69, 9.17) is 0 Å². The van der Waals surface area contributed by atoms with Gasteiger partial charge in [0, 0.05) is 30.8 Å². The van der Waals surface area contributed by atoms with Crippen LogP contribution in [0.5, 0.6) is 0 Å². The molecule has 1 aliphatic rings. The first kappa shape index (κ1) is 20.9. The van der Waals surface area contributed by atoms with Gasteiger partial charge < -0.3 is 15.3 Å². The lowest BCUT2D eigenvalue weighted by Gasteiger charge is -2.28. The van der Waals surface area contributed by atoms with Crippen LogP contribution >= 0.6 is 0 Å². The summed E-state index contributed by atoms with van der Waals surface area (Å²) in [4.78, 5) is 38.2. The molecule has 6 heteroatoms. The van der Waals surface area contributed by atoms with E-state index in [-0.39, 0.29) is 30.2 Å². The van der Waals surface area contributed by atoms with Gasteiger partial charge in [0.15, 0.2) is 0 Å². The minimum absolute atomic E-state index is 0.0464. The monoisotopic (exact) mass is 374 g/mol. The Morgan fingerprint density at radius 3 is 2.37 bits per heavy atom. The van der Waals surface area contributed by atoms with Crippen molar-refractivity contribution in [2.45, 2.75) is 47.5 Å². The average molecular weight is 374 g/mol. The van der Waals surface area contributed by atoms with Gasteiger partial charge in [-0.2, -0.15) is 0 Å². The number of hydrogen-bond donors (Lipinski definition) is 2. The van der Waals surface area contributed by atoms with Crippen molar-refractivity contribution in [1.29, 1.82) is 0 Å². The van der Waals surface area contributed by atoms with Gasteiger partial charge in [0.2, 0.25) is 5.91 Å². The molecule has 1 saturated heterocycles. The van der Waals surface area contributed by atoms with E-state index in [1.165, 1.54) is 0 Å². The average Bonchev–Trinajstić information content (AvgIpc) is 3.02. The van der Waals surface area contributed by atoms with Gasteiger partial charge in [-0.3, -0.25) is 14.4 Å². The number of carbonyl (C=O) groups excluding carboxylic acids is 2. The van der Waals surface area contributed by atoms with Crippen molar-refractivity contribution in [2.24, 2.45) is 17.3 Å². The summed E-state index contributed by atoms with van der Waals surface area (Å²) in [5.74, 6) is -0.825. The molecule has 0 bridgehead atoms. The molecule has 1 aromatic carbocycles. The second kappa shape index (κ2) is 8.11. The van der Waals surface area contributed by atoms with Gasteiger partial charge in [0.25, 0.3) is 5.91 Å². The summed E-state index contributed by atoms with van der Waals surface area (Å²) in [6.45, 7) is 10.3. The largest absolute Gasteiger partial charge is 0.481 e. The molecule has 27 heavy (non-hydrogen) atoms. The molecule has 2 N–H and O–H groups in total. The normalized spacial score (nSPS) is 19.6. The first-order valence-corrected chi connectivity index (χ1v) is 9.50. The molecule has 1 atom stereocenters. The fraction of sp³-hybridized carbons (Fsp3) is 0.571. The number of nitrogens with one attached hydrogen (secondary N) is 1. The molecule has 0 aromatic heterocycles. The predicted molar refractivity (Wildman–Crippen MR) is 105 cm³/mol. The highest BCUT2D eigenvalue weighted by Crippen LogP contribution is 2.38. The molecule has 148 valence electrons. The van der Waals surface area contributed by atoms with Crippen LogP contribution in [0.2, 0.25) is 0 Å². The maximum Gasteiger partial charge on any atom is 0.311 e. The number of carboxylic acid groups (broad SMARTS) is 1. The Kier molecular flexibility index (Phi) is 6.29. The minimum atomic E-state index is -0.879. The van der Waals surface area contributed by atoms with Crippen LogP contribution in [0.25, 0.3) is 0 Å². The zero-order valence-electron chi connectivity index (χ0n) is 16.8. The van der Waals surface area contributed by atoms with Gasteiger partial charge in [0.05, 0.1) is 5.41 Å². The lowest BCUT2D eigenvalue weighted by Crippen LogP contribution is -2.40. The number of nitrogens with zero attached hydrogens (tertiary/aromatic N) is 1. The lowest BCUT2D eigenvalue weighted by atomic mass is 9.76. The van der Waals surface area contributed by atoms with E-state index >= 15 is 0 Å². The second-order valence-electron chi connectivity index (χ2n) is 8.27. The molecular weight excluding hydrogens is 344 g/mol. The Labute approximate surface area is 160 Å². The topological polar surface area (TPSA) is 86.7 Å². The molecule has 0 saturated carbocycles. The minimum Gasteiger partial charge on any atom is -0.481 e. The summed E-state index contributed by atoms with van der Waals surface area (Å²) in [7, 11) is 0. The van der Waals surface area contributed by atoms with Crippen molar-refractivity contribution >= 4 is 23.5 Å². The first-order chi connectivity index (χ1) is 12.6. The van der Waals surface area contributed by atoms with Gasteiger partial charge in [-0.15, -0.1) is 0 Å². The van der Waals surface area contributed by atoms with Crippen LogP contribution in [0.15, 0.2) is 18.2 Å². The molecule has 1 aliphatic heterocycles. The molecule has 6 nitrogen and oxygen atoms in total. The highest BCUT2D eigenvalue weighted by atomic mass is 16.4. The van der Waals surface area contributed by atoms with Crippen molar-refractivity contribution in [2.75, 3.05) is 18.4 Å². The van der Waals surface area contributed by atoms with Gasteiger partial charge >= 0.3 is 5.97 Å². The number of anilines is 1. The third-order valence-corrected chi connectivity index (χ3v) is 5.46.